The molecule has 2 heteroatoms. The van der Waals surface area contributed by atoms with Gasteiger partial charge in [-0.05, 0) is 27.8 Å². The van der Waals surface area contributed by atoms with Gasteiger partial charge >= 0.3 is 0 Å². The monoisotopic (exact) mass is 182 g/mol. The van der Waals surface area contributed by atoms with Crippen molar-refractivity contribution < 1.29 is 0 Å². The Morgan fingerprint density at radius 3 is 2.29 bits per heavy atom. The molecule has 0 radical (unpaired) electrons. The van der Waals surface area contributed by atoms with Crippen molar-refractivity contribution in [3.8, 4) is 0 Å². The first-order valence-corrected chi connectivity index (χ1v) is 4.56. The molecule has 68 valence electrons. The van der Waals surface area contributed by atoms with Gasteiger partial charge in [0.1, 0.15) is 0 Å². The fourth-order valence-electron chi connectivity index (χ4n) is 2.07. The van der Waals surface area contributed by atoms with Gasteiger partial charge in [-0.2, -0.15) is 0 Å². The summed E-state index contributed by atoms with van der Waals surface area (Å²) in [4.78, 5) is 0. The summed E-state index contributed by atoms with van der Waals surface area (Å²) in [6.07, 6.45) is 0. The van der Waals surface area contributed by atoms with Crippen LogP contribution >= 0.6 is 0 Å². The van der Waals surface area contributed by atoms with Crippen molar-refractivity contribution in [1.29, 1.82) is 0 Å². The summed E-state index contributed by atoms with van der Waals surface area (Å²) < 4.78 is 0. The Balaban J connectivity index is 2.67. The van der Waals surface area contributed by atoms with Gasteiger partial charge in [0.25, 0.3) is 0 Å². The molecule has 2 nitrogen and oxygen atoms in total. The Labute approximate surface area is 80.8 Å². The van der Waals surface area contributed by atoms with Crippen molar-refractivity contribution in [3.63, 3.8) is 0 Å². The third-order valence-electron chi connectivity index (χ3n) is 2.68. The fraction of sp³-hybridized carbons (Fsp3) is 0. The Hall–Kier alpha value is -1.96. The van der Waals surface area contributed by atoms with Gasteiger partial charge in [0.15, 0.2) is 0 Å². The summed E-state index contributed by atoms with van der Waals surface area (Å²) in [7, 11) is 0. The largest absolute Gasteiger partial charge is 0.399 e. The van der Waals surface area contributed by atoms with Crippen molar-refractivity contribution in [2.24, 2.45) is 0 Å². The SMILES string of the molecule is Nc1cc(N)c2c(c1)=c1ccccc1=2. The van der Waals surface area contributed by atoms with Crippen LogP contribution in [0.2, 0.25) is 0 Å². The molecule has 4 N–H and O–H groups in total. The minimum Gasteiger partial charge on any atom is -0.399 e. The second-order valence-electron chi connectivity index (χ2n) is 3.58. The maximum Gasteiger partial charge on any atom is 0.0420 e. The number of nitrogen functional groups attached to an aromatic ring is 2. The van der Waals surface area contributed by atoms with Gasteiger partial charge in [0, 0.05) is 16.6 Å². The number of nitrogens with two attached hydrogens (primary N) is 2. The highest BCUT2D eigenvalue weighted by atomic mass is 14.6. The van der Waals surface area contributed by atoms with Crippen LogP contribution in [0, 0.1) is 20.9 Å². The van der Waals surface area contributed by atoms with E-state index in [9.17, 15) is 0 Å². The molecule has 2 aromatic carbocycles. The first-order valence-electron chi connectivity index (χ1n) is 4.56. The smallest absolute Gasteiger partial charge is 0.0420 e. The highest BCUT2D eigenvalue weighted by molar-refractivity contribution is 5.56. The Morgan fingerprint density at radius 2 is 1.50 bits per heavy atom. The third-order valence-corrected chi connectivity index (χ3v) is 2.68. The quantitative estimate of drug-likeness (QED) is 0.520. The van der Waals surface area contributed by atoms with E-state index in [2.05, 4.69) is 12.1 Å². The summed E-state index contributed by atoms with van der Waals surface area (Å²) >= 11 is 0. The summed E-state index contributed by atoms with van der Waals surface area (Å²) in [6.45, 7) is 0. The van der Waals surface area contributed by atoms with Crippen LogP contribution in [0.1, 0.15) is 0 Å². The predicted octanol–water partition coefficient (Wildman–Crippen LogP) is 1.74. The second-order valence-corrected chi connectivity index (χ2v) is 3.58. The van der Waals surface area contributed by atoms with Crippen LogP contribution in [0.5, 0.6) is 0 Å². The van der Waals surface area contributed by atoms with Gasteiger partial charge in [-0.1, -0.05) is 24.3 Å². The lowest BCUT2D eigenvalue weighted by molar-refractivity contribution is 1.29. The van der Waals surface area contributed by atoms with E-state index in [0.717, 1.165) is 16.6 Å². The van der Waals surface area contributed by atoms with Gasteiger partial charge in [-0.3, -0.25) is 0 Å². The molecule has 3 rings (SSSR count). The molecule has 2 aromatic rings. The number of benzene rings is 2. The molecule has 1 aliphatic rings. The van der Waals surface area contributed by atoms with E-state index < -0.39 is 0 Å². The molecule has 0 spiro atoms. The van der Waals surface area contributed by atoms with Crippen LogP contribution in [0.15, 0.2) is 36.4 Å². The molecule has 14 heavy (non-hydrogen) atoms. The summed E-state index contributed by atoms with van der Waals surface area (Å²) in [5.41, 5.74) is 13.2. The van der Waals surface area contributed by atoms with E-state index in [-0.39, 0.29) is 0 Å². The zero-order valence-electron chi connectivity index (χ0n) is 7.62. The lowest BCUT2D eigenvalue weighted by atomic mass is 10.00. The maximum absolute atomic E-state index is 5.91. The van der Waals surface area contributed by atoms with Crippen LogP contribution in [0.3, 0.4) is 0 Å². The van der Waals surface area contributed by atoms with E-state index in [1.165, 1.54) is 15.7 Å². The minimum atomic E-state index is 0.732. The fourth-order valence-corrected chi connectivity index (χ4v) is 2.07. The topological polar surface area (TPSA) is 52.0 Å². The zero-order chi connectivity index (χ0) is 9.71. The third kappa shape index (κ3) is 0.752. The number of rotatable bonds is 0. The molecular weight excluding hydrogens is 172 g/mol. The van der Waals surface area contributed by atoms with Crippen LogP contribution in [0.4, 0.5) is 11.4 Å². The van der Waals surface area contributed by atoms with Gasteiger partial charge in [-0.25, -0.2) is 0 Å². The van der Waals surface area contributed by atoms with E-state index >= 15 is 0 Å². The average molecular weight is 182 g/mol. The number of anilines is 2. The minimum absolute atomic E-state index is 0.732. The Morgan fingerprint density at radius 1 is 0.786 bits per heavy atom. The standard InChI is InChI=1S/C12H10N2/c13-7-5-10-8-3-1-2-4-9(8)12(10)11(14)6-7/h1-6H,13-14H2. The maximum atomic E-state index is 5.91. The zero-order valence-corrected chi connectivity index (χ0v) is 7.62. The highest BCUT2D eigenvalue weighted by Crippen LogP contribution is 2.21. The summed E-state index contributed by atoms with van der Waals surface area (Å²) in [5, 5.41) is 4.81. The van der Waals surface area contributed by atoms with Crippen molar-refractivity contribution in [3.05, 3.63) is 57.3 Å². The second kappa shape index (κ2) is 2.29. The van der Waals surface area contributed by atoms with Crippen LogP contribution in [-0.4, -0.2) is 0 Å². The molecule has 0 amide bonds. The molecule has 0 heterocycles. The average Bonchev–Trinajstić information content (AvgIpc) is 2.14. The lowest BCUT2D eigenvalue weighted by Gasteiger charge is -2.07. The predicted molar refractivity (Wildman–Crippen MR) is 57.1 cm³/mol. The van der Waals surface area contributed by atoms with Crippen molar-refractivity contribution >= 4 is 11.4 Å². The first-order chi connectivity index (χ1) is 6.77. The summed E-state index contributed by atoms with van der Waals surface area (Å²) in [6, 6.07) is 12.0. The van der Waals surface area contributed by atoms with E-state index in [0.29, 0.717) is 0 Å². The number of fused-ring (bicyclic) bond motifs is 2. The van der Waals surface area contributed by atoms with E-state index in [1.807, 2.05) is 24.3 Å². The van der Waals surface area contributed by atoms with Crippen LogP contribution < -0.4 is 11.5 Å². The molecule has 1 aliphatic carbocycles. The van der Waals surface area contributed by atoms with E-state index in [1.54, 1.807) is 0 Å². The molecule has 0 unspecified atom stereocenters. The van der Waals surface area contributed by atoms with Crippen LogP contribution in [0.25, 0.3) is 0 Å². The van der Waals surface area contributed by atoms with E-state index in [4.69, 9.17) is 11.5 Å². The lowest BCUT2D eigenvalue weighted by Crippen LogP contribution is -1.99. The first kappa shape index (κ1) is 7.44. The molecule has 0 fully saturated rings. The highest BCUT2D eigenvalue weighted by Gasteiger charge is 2.04. The van der Waals surface area contributed by atoms with Gasteiger partial charge in [0.05, 0.1) is 0 Å². The van der Waals surface area contributed by atoms with Crippen molar-refractivity contribution in [2.75, 3.05) is 11.5 Å². The van der Waals surface area contributed by atoms with Gasteiger partial charge in [0.2, 0.25) is 0 Å². The Bertz CT molecular complexity index is 702. The normalized spacial score (nSPS) is 11.4. The molecular formula is C12H10N2. The number of hydrogen-bond donors (Lipinski definition) is 2. The van der Waals surface area contributed by atoms with Gasteiger partial charge in [-0.15, -0.1) is 0 Å². The van der Waals surface area contributed by atoms with Crippen LogP contribution in [-0.2, 0) is 0 Å². The van der Waals surface area contributed by atoms with Crippen molar-refractivity contribution in [2.45, 2.75) is 0 Å². The van der Waals surface area contributed by atoms with Crippen molar-refractivity contribution in [1.82, 2.24) is 0 Å². The molecule has 0 aliphatic heterocycles. The molecule has 0 saturated carbocycles. The van der Waals surface area contributed by atoms with Gasteiger partial charge < -0.3 is 11.5 Å². The molecule has 0 saturated heterocycles. The Kier molecular flexibility index (Phi) is 1.22. The number of hydrogen-bond acceptors (Lipinski definition) is 2. The summed E-state index contributed by atoms with van der Waals surface area (Å²) in [5.74, 6) is 0. The molecule has 0 atom stereocenters. The molecule has 0 bridgehead atoms. The molecule has 0 aromatic heterocycles.